The van der Waals surface area contributed by atoms with Gasteiger partial charge in [0.05, 0.1) is 11.9 Å². The van der Waals surface area contributed by atoms with Crippen LogP contribution in [-0.2, 0) is 0 Å². The smallest absolute Gasteiger partial charge is 0.422 e. The van der Waals surface area contributed by atoms with Crippen LogP contribution in [0.25, 0.3) is 5.65 Å². The van der Waals surface area contributed by atoms with Gasteiger partial charge in [-0.2, -0.15) is 18.3 Å². The van der Waals surface area contributed by atoms with Crippen molar-refractivity contribution in [2.75, 3.05) is 11.9 Å². The summed E-state index contributed by atoms with van der Waals surface area (Å²) in [6.45, 7) is 0.262. The van der Waals surface area contributed by atoms with Crippen molar-refractivity contribution >= 4 is 17.2 Å². The van der Waals surface area contributed by atoms with Crippen molar-refractivity contribution in [2.45, 2.75) is 13.1 Å². The summed E-state index contributed by atoms with van der Waals surface area (Å²) in [5, 5.41) is 6.76. The van der Waals surface area contributed by atoms with Gasteiger partial charge in [-0.15, -0.1) is 0 Å². The Morgan fingerprint density at radius 3 is 2.88 bits per heavy atom. The van der Waals surface area contributed by atoms with Gasteiger partial charge in [0.15, 0.2) is 12.3 Å². The van der Waals surface area contributed by atoms with Crippen LogP contribution < -0.4 is 10.1 Å². The van der Waals surface area contributed by atoms with Crippen LogP contribution in [-0.4, -0.2) is 38.3 Å². The monoisotopic (exact) mass is 351 g/mol. The number of pyridine rings is 2. The van der Waals surface area contributed by atoms with Gasteiger partial charge in [0, 0.05) is 17.8 Å². The van der Waals surface area contributed by atoms with Gasteiger partial charge in [-0.3, -0.25) is 4.79 Å². The first-order chi connectivity index (χ1) is 11.8. The second-order valence-corrected chi connectivity index (χ2v) is 5.12. The van der Waals surface area contributed by atoms with Gasteiger partial charge in [-0.25, -0.2) is 14.5 Å². The lowest BCUT2D eigenvalue weighted by Crippen LogP contribution is -2.20. The van der Waals surface area contributed by atoms with Crippen molar-refractivity contribution in [3.63, 3.8) is 0 Å². The molecule has 0 atom stereocenters. The number of anilines is 1. The second-order valence-electron chi connectivity index (χ2n) is 5.12. The summed E-state index contributed by atoms with van der Waals surface area (Å²) >= 11 is 0. The Labute approximate surface area is 139 Å². The number of alkyl halides is 3. The minimum atomic E-state index is -4.48. The molecular formula is C15H12F3N5O2. The molecule has 3 aromatic rings. The van der Waals surface area contributed by atoms with E-state index in [1.807, 2.05) is 0 Å². The molecule has 10 heteroatoms. The summed E-state index contributed by atoms with van der Waals surface area (Å²) in [5.41, 5.74) is 1.20. The Bertz CT molecular complexity index is 923. The highest BCUT2D eigenvalue weighted by Crippen LogP contribution is 2.18. The standard InChI is InChI=1S/C15H12F3N5O2/c1-9-20-12-3-2-11(7-23(12)22-9)21-14(24)10-4-5-19-13(6-10)25-8-15(16,17)18/h2-7H,8H2,1H3,(H,21,24). The van der Waals surface area contributed by atoms with Crippen molar-refractivity contribution < 1.29 is 22.7 Å². The Kier molecular flexibility index (Phi) is 4.26. The van der Waals surface area contributed by atoms with Crippen LogP contribution in [0.5, 0.6) is 5.88 Å². The number of nitrogens with one attached hydrogen (secondary N) is 1. The zero-order valence-corrected chi connectivity index (χ0v) is 12.9. The number of amides is 1. The van der Waals surface area contributed by atoms with Crippen molar-refractivity contribution in [3.8, 4) is 5.88 Å². The predicted octanol–water partition coefficient (Wildman–Crippen LogP) is 2.63. The highest BCUT2D eigenvalue weighted by atomic mass is 19.4. The average Bonchev–Trinajstić information content (AvgIpc) is 2.92. The van der Waals surface area contributed by atoms with E-state index in [1.54, 1.807) is 25.3 Å². The molecule has 3 heterocycles. The number of nitrogens with zero attached hydrogens (tertiary/aromatic N) is 4. The summed E-state index contributed by atoms with van der Waals surface area (Å²) in [7, 11) is 0. The molecule has 0 aliphatic rings. The summed E-state index contributed by atoms with van der Waals surface area (Å²) in [6, 6.07) is 5.83. The normalized spacial score (nSPS) is 11.5. The molecule has 0 aliphatic heterocycles. The zero-order chi connectivity index (χ0) is 18.0. The molecule has 1 N–H and O–H groups in total. The van der Waals surface area contributed by atoms with E-state index in [1.165, 1.54) is 16.8 Å². The van der Waals surface area contributed by atoms with E-state index in [4.69, 9.17) is 0 Å². The molecule has 0 bridgehead atoms. The number of carbonyl (C=O) groups is 1. The highest BCUT2D eigenvalue weighted by Gasteiger charge is 2.28. The molecule has 3 rings (SSSR count). The van der Waals surface area contributed by atoms with Crippen LogP contribution in [0.3, 0.4) is 0 Å². The fourth-order valence-corrected chi connectivity index (χ4v) is 2.06. The molecule has 0 aromatic carbocycles. The minimum Gasteiger partial charge on any atom is -0.468 e. The van der Waals surface area contributed by atoms with Gasteiger partial charge in [0.25, 0.3) is 5.91 Å². The number of ether oxygens (including phenoxy) is 1. The first-order valence-corrected chi connectivity index (χ1v) is 7.10. The van der Waals surface area contributed by atoms with Gasteiger partial charge in [0.2, 0.25) is 5.88 Å². The van der Waals surface area contributed by atoms with Crippen LogP contribution in [0.15, 0.2) is 36.7 Å². The molecule has 1 amide bonds. The van der Waals surface area contributed by atoms with Crippen LogP contribution >= 0.6 is 0 Å². The Hall–Kier alpha value is -3.17. The molecule has 0 spiro atoms. The molecule has 0 unspecified atom stereocenters. The molecule has 0 radical (unpaired) electrons. The molecule has 0 saturated heterocycles. The SMILES string of the molecule is Cc1nc2ccc(NC(=O)c3ccnc(OCC(F)(F)F)c3)cn2n1. The van der Waals surface area contributed by atoms with E-state index in [9.17, 15) is 18.0 Å². The quantitative estimate of drug-likeness (QED) is 0.781. The van der Waals surface area contributed by atoms with Crippen LogP contribution in [0.4, 0.5) is 18.9 Å². The topological polar surface area (TPSA) is 81.4 Å². The Morgan fingerprint density at radius 2 is 2.12 bits per heavy atom. The van der Waals surface area contributed by atoms with Gasteiger partial charge in [-0.05, 0) is 25.1 Å². The number of hydrogen-bond acceptors (Lipinski definition) is 5. The maximum atomic E-state index is 12.2. The van der Waals surface area contributed by atoms with Gasteiger partial charge >= 0.3 is 6.18 Å². The Balaban J connectivity index is 1.73. The average molecular weight is 351 g/mol. The van der Waals surface area contributed by atoms with E-state index in [-0.39, 0.29) is 11.4 Å². The lowest BCUT2D eigenvalue weighted by Gasteiger charge is -2.09. The molecular weight excluding hydrogens is 339 g/mol. The van der Waals surface area contributed by atoms with Crippen molar-refractivity contribution in [3.05, 3.63) is 48.0 Å². The minimum absolute atomic E-state index is 0.113. The number of hydrogen-bond donors (Lipinski definition) is 1. The highest BCUT2D eigenvalue weighted by molar-refractivity contribution is 6.04. The summed E-state index contributed by atoms with van der Waals surface area (Å²) in [6.07, 6.45) is -1.70. The number of fused-ring (bicyclic) bond motifs is 1. The molecule has 25 heavy (non-hydrogen) atoms. The van der Waals surface area contributed by atoms with Crippen molar-refractivity contribution in [1.29, 1.82) is 0 Å². The third-order valence-corrected chi connectivity index (χ3v) is 3.08. The number of aryl methyl sites for hydroxylation is 1. The fourth-order valence-electron chi connectivity index (χ4n) is 2.06. The number of rotatable bonds is 4. The molecule has 0 aliphatic carbocycles. The molecule has 7 nitrogen and oxygen atoms in total. The fraction of sp³-hybridized carbons (Fsp3) is 0.200. The van der Waals surface area contributed by atoms with E-state index in [0.29, 0.717) is 17.2 Å². The maximum Gasteiger partial charge on any atom is 0.422 e. The summed E-state index contributed by atoms with van der Waals surface area (Å²) in [4.78, 5) is 20.1. The van der Waals surface area contributed by atoms with E-state index in [0.717, 1.165) is 6.07 Å². The van der Waals surface area contributed by atoms with Crippen molar-refractivity contribution in [1.82, 2.24) is 19.6 Å². The van der Waals surface area contributed by atoms with Gasteiger partial charge in [-0.1, -0.05) is 0 Å². The third-order valence-electron chi connectivity index (χ3n) is 3.08. The van der Waals surface area contributed by atoms with E-state index in [2.05, 4.69) is 25.1 Å². The first-order valence-electron chi connectivity index (χ1n) is 7.10. The second kappa shape index (κ2) is 6.38. The molecule has 0 saturated carbocycles. The zero-order valence-electron chi connectivity index (χ0n) is 12.9. The number of halogens is 3. The summed E-state index contributed by atoms with van der Waals surface area (Å²) < 4.78 is 42.6. The largest absolute Gasteiger partial charge is 0.468 e. The lowest BCUT2D eigenvalue weighted by molar-refractivity contribution is -0.154. The number of aromatic nitrogens is 4. The van der Waals surface area contributed by atoms with E-state index >= 15 is 0 Å². The first kappa shape index (κ1) is 16.7. The third kappa shape index (κ3) is 4.22. The van der Waals surface area contributed by atoms with Gasteiger partial charge in [0.1, 0.15) is 5.82 Å². The maximum absolute atomic E-state index is 12.2. The Morgan fingerprint density at radius 1 is 1.32 bits per heavy atom. The van der Waals surface area contributed by atoms with Crippen molar-refractivity contribution in [2.24, 2.45) is 0 Å². The van der Waals surface area contributed by atoms with E-state index < -0.39 is 18.7 Å². The molecule has 0 fully saturated rings. The summed E-state index contributed by atoms with van der Waals surface area (Å²) in [5.74, 6) is -0.216. The van der Waals surface area contributed by atoms with Crippen LogP contribution in [0, 0.1) is 6.92 Å². The number of carbonyl (C=O) groups excluding carboxylic acids is 1. The van der Waals surface area contributed by atoms with Crippen LogP contribution in [0.1, 0.15) is 16.2 Å². The van der Waals surface area contributed by atoms with Crippen LogP contribution in [0.2, 0.25) is 0 Å². The molecule has 3 aromatic heterocycles. The van der Waals surface area contributed by atoms with Gasteiger partial charge < -0.3 is 10.1 Å². The lowest BCUT2D eigenvalue weighted by atomic mass is 10.2. The molecule has 130 valence electrons. The predicted molar refractivity (Wildman–Crippen MR) is 81.5 cm³/mol.